The third-order valence-corrected chi connectivity index (χ3v) is 4.48. The first-order chi connectivity index (χ1) is 10.1. The Labute approximate surface area is 125 Å². The van der Waals surface area contributed by atoms with Crippen LogP contribution in [0.3, 0.4) is 0 Å². The van der Waals surface area contributed by atoms with Crippen molar-refractivity contribution in [3.8, 4) is 0 Å². The van der Waals surface area contributed by atoms with Gasteiger partial charge in [-0.2, -0.15) is 0 Å². The molecule has 3 rings (SSSR count). The SMILES string of the molecule is CC(CN)(Cc1ccc(F)cc1)N1CCc2ccccc21. The highest BCUT2D eigenvalue weighted by atomic mass is 19.1. The second-order valence-corrected chi connectivity index (χ2v) is 6.03. The average molecular weight is 284 g/mol. The lowest BCUT2D eigenvalue weighted by molar-refractivity contribution is 0.435. The summed E-state index contributed by atoms with van der Waals surface area (Å²) in [5.41, 5.74) is 9.75. The van der Waals surface area contributed by atoms with E-state index in [1.54, 1.807) is 0 Å². The van der Waals surface area contributed by atoms with E-state index in [9.17, 15) is 4.39 Å². The topological polar surface area (TPSA) is 29.3 Å². The molecule has 1 aliphatic heterocycles. The Balaban J connectivity index is 1.88. The van der Waals surface area contributed by atoms with Gasteiger partial charge in [-0.25, -0.2) is 4.39 Å². The maximum absolute atomic E-state index is 13.1. The van der Waals surface area contributed by atoms with E-state index < -0.39 is 0 Å². The van der Waals surface area contributed by atoms with Gasteiger partial charge in [-0.15, -0.1) is 0 Å². The van der Waals surface area contributed by atoms with Gasteiger partial charge in [0.2, 0.25) is 0 Å². The minimum absolute atomic E-state index is 0.148. The van der Waals surface area contributed by atoms with Crippen LogP contribution in [0.5, 0.6) is 0 Å². The smallest absolute Gasteiger partial charge is 0.123 e. The van der Waals surface area contributed by atoms with Crippen molar-refractivity contribution < 1.29 is 4.39 Å². The van der Waals surface area contributed by atoms with E-state index in [0.29, 0.717) is 6.54 Å². The number of anilines is 1. The van der Waals surface area contributed by atoms with E-state index in [2.05, 4.69) is 36.1 Å². The van der Waals surface area contributed by atoms with Crippen molar-refractivity contribution in [1.82, 2.24) is 0 Å². The van der Waals surface area contributed by atoms with Gasteiger partial charge in [-0.1, -0.05) is 30.3 Å². The zero-order valence-corrected chi connectivity index (χ0v) is 12.3. The average Bonchev–Trinajstić information content (AvgIpc) is 2.94. The summed E-state index contributed by atoms with van der Waals surface area (Å²) in [6, 6.07) is 15.3. The number of fused-ring (bicyclic) bond motifs is 1. The van der Waals surface area contributed by atoms with Crippen LogP contribution in [-0.2, 0) is 12.8 Å². The van der Waals surface area contributed by atoms with Crippen molar-refractivity contribution in [3.05, 3.63) is 65.5 Å². The predicted octanol–water partition coefficient (Wildman–Crippen LogP) is 3.15. The highest BCUT2D eigenvalue weighted by Gasteiger charge is 2.34. The van der Waals surface area contributed by atoms with E-state index in [1.807, 2.05) is 12.1 Å². The number of hydrogen-bond acceptors (Lipinski definition) is 2. The third-order valence-electron chi connectivity index (χ3n) is 4.48. The standard InChI is InChI=1S/C18H21FN2/c1-18(13-20,12-14-6-8-16(19)9-7-14)21-11-10-15-4-2-3-5-17(15)21/h2-9H,10-13,20H2,1H3. The van der Waals surface area contributed by atoms with Crippen LogP contribution in [0.4, 0.5) is 10.1 Å². The molecule has 0 amide bonds. The molecule has 0 saturated heterocycles. The second-order valence-electron chi connectivity index (χ2n) is 6.03. The Morgan fingerprint density at radius 3 is 2.57 bits per heavy atom. The number of para-hydroxylation sites is 1. The summed E-state index contributed by atoms with van der Waals surface area (Å²) < 4.78 is 13.1. The molecule has 21 heavy (non-hydrogen) atoms. The Bertz CT molecular complexity index is 623. The van der Waals surface area contributed by atoms with Crippen molar-refractivity contribution in [2.45, 2.75) is 25.3 Å². The summed E-state index contributed by atoms with van der Waals surface area (Å²) in [6.45, 7) is 3.76. The molecule has 0 radical (unpaired) electrons. The van der Waals surface area contributed by atoms with Gasteiger partial charge in [0.05, 0.1) is 5.54 Å². The first kappa shape index (κ1) is 14.1. The lowest BCUT2D eigenvalue weighted by Crippen LogP contribution is -2.53. The molecular weight excluding hydrogens is 263 g/mol. The zero-order chi connectivity index (χ0) is 14.9. The molecule has 0 bridgehead atoms. The monoisotopic (exact) mass is 284 g/mol. The molecule has 1 heterocycles. The van der Waals surface area contributed by atoms with Crippen LogP contribution in [0.15, 0.2) is 48.5 Å². The molecule has 1 unspecified atom stereocenters. The van der Waals surface area contributed by atoms with Crippen molar-refractivity contribution in [2.24, 2.45) is 5.73 Å². The van der Waals surface area contributed by atoms with Gasteiger partial charge in [0, 0.05) is 18.8 Å². The summed E-state index contributed by atoms with van der Waals surface area (Å²) >= 11 is 0. The Morgan fingerprint density at radius 1 is 1.14 bits per heavy atom. The van der Waals surface area contributed by atoms with Crippen LogP contribution < -0.4 is 10.6 Å². The summed E-state index contributed by atoms with van der Waals surface area (Å²) in [4.78, 5) is 2.41. The van der Waals surface area contributed by atoms with Gasteiger partial charge in [-0.05, 0) is 49.1 Å². The molecule has 0 aromatic heterocycles. The molecule has 2 aromatic rings. The Hall–Kier alpha value is -1.87. The summed E-state index contributed by atoms with van der Waals surface area (Å²) in [6.07, 6.45) is 1.88. The highest BCUT2D eigenvalue weighted by Crippen LogP contribution is 2.34. The maximum Gasteiger partial charge on any atom is 0.123 e. The predicted molar refractivity (Wildman–Crippen MR) is 85.1 cm³/mol. The van der Waals surface area contributed by atoms with Crippen molar-refractivity contribution in [3.63, 3.8) is 0 Å². The molecule has 0 aliphatic carbocycles. The van der Waals surface area contributed by atoms with Crippen LogP contribution >= 0.6 is 0 Å². The fraction of sp³-hybridized carbons (Fsp3) is 0.333. The summed E-state index contributed by atoms with van der Waals surface area (Å²) in [7, 11) is 0. The number of nitrogens with zero attached hydrogens (tertiary/aromatic N) is 1. The third kappa shape index (κ3) is 2.66. The fourth-order valence-electron chi connectivity index (χ4n) is 3.22. The van der Waals surface area contributed by atoms with Gasteiger partial charge in [-0.3, -0.25) is 0 Å². The Morgan fingerprint density at radius 2 is 1.86 bits per heavy atom. The molecule has 1 aliphatic rings. The summed E-state index contributed by atoms with van der Waals surface area (Å²) in [5.74, 6) is -0.195. The first-order valence-corrected chi connectivity index (χ1v) is 7.42. The van der Waals surface area contributed by atoms with E-state index in [0.717, 1.165) is 24.9 Å². The van der Waals surface area contributed by atoms with Gasteiger partial charge in [0.15, 0.2) is 0 Å². The van der Waals surface area contributed by atoms with Crippen molar-refractivity contribution in [1.29, 1.82) is 0 Å². The lowest BCUT2D eigenvalue weighted by atomic mass is 9.90. The zero-order valence-electron chi connectivity index (χ0n) is 12.3. The molecule has 2 N–H and O–H groups in total. The van der Waals surface area contributed by atoms with Gasteiger partial charge < -0.3 is 10.6 Å². The number of halogens is 1. The van der Waals surface area contributed by atoms with Gasteiger partial charge in [0.25, 0.3) is 0 Å². The maximum atomic E-state index is 13.1. The normalized spacial score (nSPS) is 16.6. The molecule has 0 fully saturated rings. The van der Waals surface area contributed by atoms with Crippen molar-refractivity contribution in [2.75, 3.05) is 18.0 Å². The van der Waals surface area contributed by atoms with Gasteiger partial charge in [0.1, 0.15) is 5.82 Å². The molecule has 1 atom stereocenters. The molecule has 3 heteroatoms. The minimum Gasteiger partial charge on any atom is -0.364 e. The van der Waals surface area contributed by atoms with Crippen molar-refractivity contribution >= 4 is 5.69 Å². The number of hydrogen-bond donors (Lipinski definition) is 1. The quantitative estimate of drug-likeness (QED) is 0.934. The molecule has 0 saturated carbocycles. The van der Waals surface area contributed by atoms with Crippen LogP contribution in [0.25, 0.3) is 0 Å². The number of benzene rings is 2. The van der Waals surface area contributed by atoms with Gasteiger partial charge >= 0.3 is 0 Å². The van der Waals surface area contributed by atoms with E-state index >= 15 is 0 Å². The minimum atomic E-state index is -0.195. The molecule has 110 valence electrons. The largest absolute Gasteiger partial charge is 0.364 e. The lowest BCUT2D eigenvalue weighted by Gasteiger charge is -2.40. The molecule has 0 spiro atoms. The molecule has 2 nitrogen and oxygen atoms in total. The van der Waals surface area contributed by atoms with Crippen LogP contribution in [0.2, 0.25) is 0 Å². The summed E-state index contributed by atoms with van der Waals surface area (Å²) in [5, 5.41) is 0. The number of rotatable bonds is 4. The number of nitrogens with two attached hydrogens (primary N) is 1. The molecular formula is C18H21FN2. The van der Waals surface area contributed by atoms with Crippen LogP contribution in [-0.4, -0.2) is 18.6 Å². The Kier molecular flexibility index (Phi) is 3.68. The van der Waals surface area contributed by atoms with E-state index in [-0.39, 0.29) is 11.4 Å². The molecule has 2 aromatic carbocycles. The first-order valence-electron chi connectivity index (χ1n) is 7.42. The van der Waals surface area contributed by atoms with Crippen LogP contribution in [0, 0.1) is 5.82 Å². The van der Waals surface area contributed by atoms with E-state index in [4.69, 9.17) is 5.73 Å². The van der Waals surface area contributed by atoms with E-state index in [1.165, 1.54) is 23.4 Å². The fourth-order valence-corrected chi connectivity index (χ4v) is 3.22. The van der Waals surface area contributed by atoms with Crippen LogP contribution in [0.1, 0.15) is 18.1 Å². The highest BCUT2D eigenvalue weighted by molar-refractivity contribution is 5.60. The second kappa shape index (κ2) is 5.49.